The first-order chi connectivity index (χ1) is 13.4. The molecule has 0 saturated carbocycles. The molecule has 4 heteroatoms. The summed E-state index contributed by atoms with van der Waals surface area (Å²) in [4.78, 5) is 0. The van der Waals surface area contributed by atoms with Crippen LogP contribution in [0.1, 0.15) is 29.5 Å². The summed E-state index contributed by atoms with van der Waals surface area (Å²) >= 11 is -3.18. The molecule has 0 N–H and O–H groups in total. The molecular formula is C26H28Cl2SiZr. The van der Waals surface area contributed by atoms with E-state index in [0.717, 1.165) is 0 Å². The molecule has 0 radical (unpaired) electrons. The number of rotatable bonds is 3. The number of hydrogen-bond donors (Lipinski definition) is 0. The Morgan fingerprint density at radius 2 is 1.27 bits per heavy atom. The van der Waals surface area contributed by atoms with Gasteiger partial charge in [-0.3, -0.25) is 0 Å². The van der Waals surface area contributed by atoms with Gasteiger partial charge in [0.25, 0.3) is 0 Å². The Morgan fingerprint density at radius 1 is 0.667 bits per heavy atom. The van der Waals surface area contributed by atoms with E-state index in [1.165, 1.54) is 22.3 Å². The number of halogens is 2. The van der Waals surface area contributed by atoms with E-state index < -0.39 is 17.4 Å². The van der Waals surface area contributed by atoms with Crippen molar-refractivity contribution in [1.82, 2.24) is 0 Å². The minimum atomic E-state index is -3.18. The van der Waals surface area contributed by atoms with Gasteiger partial charge in [-0.25, -0.2) is 0 Å². The molecule has 2 aliphatic carbocycles. The van der Waals surface area contributed by atoms with Gasteiger partial charge in [0.1, 0.15) is 0 Å². The van der Waals surface area contributed by atoms with Gasteiger partial charge in [-0.15, -0.1) is 24.8 Å². The quantitative estimate of drug-likeness (QED) is 0.310. The zero-order valence-electron chi connectivity index (χ0n) is 17.4. The van der Waals surface area contributed by atoms with Crippen LogP contribution >= 0.6 is 24.8 Å². The van der Waals surface area contributed by atoms with Crippen molar-refractivity contribution in [2.75, 3.05) is 0 Å². The standard InChI is InChI=1S/C15H11.C9H7.2CH3.2ClH.H2Si.Zr/c1-2-6-12(7-3-1)14-10-4-8-13-9-5-11-15(13)14;1-2-5-9-7-3-6-8(9)4-1;;;;;;/h1-11H;1-7H;2*1H3;2*1H;1H2;. The van der Waals surface area contributed by atoms with E-state index in [1.807, 2.05) is 0 Å². The summed E-state index contributed by atoms with van der Waals surface area (Å²) in [6, 6.07) is 26.7. The third-order valence-electron chi connectivity index (χ3n) is 6.86. The van der Waals surface area contributed by atoms with Crippen molar-refractivity contribution in [3.63, 3.8) is 0 Å². The normalized spacial score (nSPS) is 18.9. The zero-order valence-corrected chi connectivity index (χ0v) is 22.9. The minimum absolute atomic E-state index is 0. The second-order valence-electron chi connectivity index (χ2n) is 9.41. The SMILES string of the molecule is Cl.Cl.[CH3][Zr]([CH3])(=[SiH2])([CH]1C=Cc2ccccc21)[CH]1C=Cc2c(-c3ccccc3)cccc21. The van der Waals surface area contributed by atoms with Crippen molar-refractivity contribution < 1.29 is 17.4 Å². The van der Waals surface area contributed by atoms with Crippen molar-refractivity contribution in [2.45, 2.75) is 16.5 Å². The molecule has 3 aromatic carbocycles. The number of benzene rings is 3. The topological polar surface area (TPSA) is 0 Å². The van der Waals surface area contributed by atoms with Crippen molar-refractivity contribution >= 4 is 43.8 Å². The average molecular weight is 531 g/mol. The third kappa shape index (κ3) is 3.67. The molecule has 3 aromatic rings. The molecule has 2 atom stereocenters. The molecule has 5 rings (SSSR count). The van der Waals surface area contributed by atoms with Gasteiger partial charge in [0.15, 0.2) is 0 Å². The fourth-order valence-electron chi connectivity index (χ4n) is 5.30. The molecule has 0 spiro atoms. The van der Waals surface area contributed by atoms with Crippen LogP contribution in [0.25, 0.3) is 23.3 Å². The second kappa shape index (κ2) is 8.40. The van der Waals surface area contributed by atoms with Crippen LogP contribution in [0.3, 0.4) is 0 Å². The van der Waals surface area contributed by atoms with Crippen LogP contribution in [0.5, 0.6) is 0 Å². The summed E-state index contributed by atoms with van der Waals surface area (Å²) in [5, 5.41) is 0. The van der Waals surface area contributed by atoms with E-state index in [9.17, 15) is 0 Å². The summed E-state index contributed by atoms with van der Waals surface area (Å²) in [5.41, 5.74) is 8.64. The molecule has 0 saturated heterocycles. The molecule has 0 fully saturated rings. The summed E-state index contributed by atoms with van der Waals surface area (Å²) in [6.45, 7) is 2.38. The van der Waals surface area contributed by atoms with Crippen LogP contribution in [-0.2, 0) is 17.4 Å². The molecule has 2 aliphatic rings. The first-order valence-electron chi connectivity index (χ1n) is 10.2. The molecule has 154 valence electrons. The number of allylic oxidation sites excluding steroid dienone is 2. The monoisotopic (exact) mass is 528 g/mol. The molecule has 30 heavy (non-hydrogen) atoms. The van der Waals surface area contributed by atoms with Crippen LogP contribution in [0.2, 0.25) is 9.26 Å². The first kappa shape index (κ1) is 23.5. The van der Waals surface area contributed by atoms with Crippen molar-refractivity contribution in [3.8, 4) is 11.1 Å². The first-order valence-corrected chi connectivity index (χ1v) is 23.8. The predicted octanol–water partition coefficient (Wildman–Crippen LogP) is 7.37. The predicted molar refractivity (Wildman–Crippen MR) is 137 cm³/mol. The van der Waals surface area contributed by atoms with E-state index in [2.05, 4.69) is 113 Å². The second-order valence-corrected chi connectivity index (χ2v) is 40.1. The summed E-state index contributed by atoms with van der Waals surface area (Å²) in [7, 11) is 0. The van der Waals surface area contributed by atoms with E-state index >= 15 is 0 Å². The maximum absolute atomic E-state index is 3.18. The summed E-state index contributed by atoms with van der Waals surface area (Å²) in [5.74, 6) is 0. The molecule has 0 amide bonds. The molecule has 0 aliphatic heterocycles. The van der Waals surface area contributed by atoms with Crippen LogP contribution in [0.15, 0.2) is 84.9 Å². The Kier molecular flexibility index (Phi) is 6.57. The van der Waals surface area contributed by atoms with Gasteiger partial charge in [0, 0.05) is 0 Å². The van der Waals surface area contributed by atoms with Crippen molar-refractivity contribution in [1.29, 1.82) is 0 Å². The van der Waals surface area contributed by atoms with Gasteiger partial charge in [-0.05, 0) is 0 Å². The van der Waals surface area contributed by atoms with E-state index in [4.69, 9.17) is 0 Å². The molecule has 0 heterocycles. The molecule has 0 nitrogen and oxygen atoms in total. The van der Waals surface area contributed by atoms with Crippen LogP contribution in [-0.4, -0.2) is 6.88 Å². The molecule has 0 aromatic heterocycles. The van der Waals surface area contributed by atoms with Gasteiger partial charge in [0.2, 0.25) is 0 Å². The van der Waals surface area contributed by atoms with Gasteiger partial charge in [0.05, 0.1) is 0 Å². The Labute approximate surface area is 194 Å². The van der Waals surface area contributed by atoms with Gasteiger partial charge >= 0.3 is 171 Å². The number of fused-ring (bicyclic) bond motifs is 2. The molecular weight excluding hydrogens is 503 g/mol. The summed E-state index contributed by atoms with van der Waals surface area (Å²) in [6.07, 6.45) is 9.80. The van der Waals surface area contributed by atoms with Crippen LogP contribution in [0, 0.1) is 0 Å². The van der Waals surface area contributed by atoms with Gasteiger partial charge < -0.3 is 0 Å². The third-order valence-corrected chi connectivity index (χ3v) is 24.6. The van der Waals surface area contributed by atoms with E-state index in [-0.39, 0.29) is 24.8 Å². The summed E-state index contributed by atoms with van der Waals surface area (Å²) < 4.78 is 6.52. The Morgan fingerprint density at radius 3 is 2.03 bits per heavy atom. The zero-order chi connectivity index (χ0) is 19.4. The molecule has 2 unspecified atom stereocenters. The van der Waals surface area contributed by atoms with Gasteiger partial charge in [-0.1, -0.05) is 0 Å². The Hall–Kier alpha value is -1.18. The van der Waals surface area contributed by atoms with Crippen molar-refractivity contribution in [3.05, 3.63) is 107 Å². The van der Waals surface area contributed by atoms with Crippen LogP contribution in [0.4, 0.5) is 0 Å². The van der Waals surface area contributed by atoms with Crippen LogP contribution < -0.4 is 0 Å². The Bertz CT molecular complexity index is 1200. The fraction of sp³-hybridized carbons (Fsp3) is 0.154. The fourth-order valence-corrected chi connectivity index (χ4v) is 20.3. The average Bonchev–Trinajstić information content (AvgIpc) is 3.33. The van der Waals surface area contributed by atoms with E-state index in [0.29, 0.717) is 7.25 Å². The maximum atomic E-state index is 2.66. The Balaban J connectivity index is 0.00000128. The van der Waals surface area contributed by atoms with Gasteiger partial charge in [-0.2, -0.15) is 0 Å². The molecule has 0 bridgehead atoms. The number of hydrogen-bond acceptors (Lipinski definition) is 0. The van der Waals surface area contributed by atoms with E-state index in [1.54, 1.807) is 11.1 Å². The van der Waals surface area contributed by atoms with Crippen molar-refractivity contribution in [2.24, 2.45) is 0 Å².